The summed E-state index contributed by atoms with van der Waals surface area (Å²) in [7, 11) is 0. The third-order valence-electron chi connectivity index (χ3n) is 4.61. The van der Waals surface area contributed by atoms with Crippen LogP contribution in [-0.4, -0.2) is 14.5 Å². The standard InChI is InChI=1S/C22H22N4/c1-16(23)11-22-21(13-17-5-3-2-4-6-17)25-15-26(22)14-18-7-8-20-19(12-18)9-10-24-20/h2-10,12,15,24H,1,11,13-14,23H2. The fourth-order valence-corrected chi connectivity index (χ4v) is 3.34. The van der Waals surface area contributed by atoms with Crippen molar-refractivity contribution in [3.8, 4) is 0 Å². The van der Waals surface area contributed by atoms with Gasteiger partial charge in [-0.1, -0.05) is 43.0 Å². The molecule has 26 heavy (non-hydrogen) atoms. The van der Waals surface area contributed by atoms with Crippen molar-refractivity contribution >= 4 is 10.9 Å². The van der Waals surface area contributed by atoms with Crippen LogP contribution in [0.3, 0.4) is 0 Å². The summed E-state index contributed by atoms with van der Waals surface area (Å²) in [5.74, 6) is 0. The summed E-state index contributed by atoms with van der Waals surface area (Å²) < 4.78 is 2.18. The quantitative estimate of drug-likeness (QED) is 0.556. The molecule has 4 rings (SSSR count). The zero-order chi connectivity index (χ0) is 17.9. The molecule has 0 unspecified atom stereocenters. The van der Waals surface area contributed by atoms with Gasteiger partial charge in [0.25, 0.3) is 0 Å². The molecular weight excluding hydrogens is 320 g/mol. The Hall–Kier alpha value is -3.27. The van der Waals surface area contributed by atoms with Gasteiger partial charge < -0.3 is 15.3 Å². The smallest absolute Gasteiger partial charge is 0.0955 e. The number of imidazole rings is 1. The lowest BCUT2D eigenvalue weighted by Gasteiger charge is -2.11. The molecule has 0 aliphatic rings. The molecule has 3 N–H and O–H groups in total. The van der Waals surface area contributed by atoms with Gasteiger partial charge in [-0.15, -0.1) is 0 Å². The fraction of sp³-hybridized carbons (Fsp3) is 0.136. The van der Waals surface area contributed by atoms with Gasteiger partial charge in [0.1, 0.15) is 0 Å². The number of H-pyrrole nitrogens is 1. The van der Waals surface area contributed by atoms with E-state index in [-0.39, 0.29) is 0 Å². The zero-order valence-electron chi connectivity index (χ0n) is 14.7. The van der Waals surface area contributed by atoms with Crippen molar-refractivity contribution in [3.05, 3.63) is 102 Å². The molecule has 0 spiro atoms. The summed E-state index contributed by atoms with van der Waals surface area (Å²) in [6, 6.07) is 19.0. The van der Waals surface area contributed by atoms with Gasteiger partial charge in [0.2, 0.25) is 0 Å². The van der Waals surface area contributed by atoms with Crippen LogP contribution in [0.1, 0.15) is 22.5 Å². The Morgan fingerprint density at radius 3 is 2.73 bits per heavy atom. The van der Waals surface area contributed by atoms with E-state index in [0.717, 1.165) is 29.9 Å². The molecule has 0 bridgehead atoms. The molecule has 2 aromatic heterocycles. The Kier molecular flexibility index (Phi) is 4.32. The number of rotatable bonds is 6. The van der Waals surface area contributed by atoms with E-state index in [1.165, 1.54) is 16.5 Å². The van der Waals surface area contributed by atoms with E-state index in [1.54, 1.807) is 0 Å². The number of benzene rings is 2. The second-order valence-corrected chi connectivity index (χ2v) is 6.66. The summed E-state index contributed by atoms with van der Waals surface area (Å²) >= 11 is 0. The molecule has 2 heterocycles. The Morgan fingerprint density at radius 1 is 1.08 bits per heavy atom. The van der Waals surface area contributed by atoms with Crippen molar-refractivity contribution in [1.82, 2.24) is 14.5 Å². The zero-order valence-corrected chi connectivity index (χ0v) is 14.7. The third-order valence-corrected chi connectivity index (χ3v) is 4.61. The molecule has 0 aliphatic heterocycles. The van der Waals surface area contributed by atoms with Crippen LogP contribution in [0.25, 0.3) is 10.9 Å². The van der Waals surface area contributed by atoms with E-state index in [9.17, 15) is 0 Å². The predicted octanol–water partition coefficient (Wildman–Crippen LogP) is 4.02. The molecule has 0 radical (unpaired) electrons. The Bertz CT molecular complexity index is 1040. The minimum absolute atomic E-state index is 0.633. The van der Waals surface area contributed by atoms with Gasteiger partial charge in [-0.3, -0.25) is 0 Å². The highest BCUT2D eigenvalue weighted by atomic mass is 15.1. The minimum Gasteiger partial charge on any atom is -0.402 e. The molecule has 0 amide bonds. The summed E-state index contributed by atoms with van der Waals surface area (Å²) in [6.45, 7) is 4.66. The van der Waals surface area contributed by atoms with E-state index in [4.69, 9.17) is 5.73 Å². The van der Waals surface area contributed by atoms with Gasteiger partial charge in [-0.05, 0) is 34.7 Å². The number of fused-ring (bicyclic) bond motifs is 1. The first-order valence-corrected chi connectivity index (χ1v) is 8.75. The number of hydrogen-bond acceptors (Lipinski definition) is 2. The Morgan fingerprint density at radius 2 is 1.92 bits per heavy atom. The lowest BCUT2D eigenvalue weighted by molar-refractivity contribution is 0.747. The van der Waals surface area contributed by atoms with E-state index >= 15 is 0 Å². The average Bonchev–Trinajstić information content (AvgIpc) is 3.24. The van der Waals surface area contributed by atoms with Crippen molar-refractivity contribution in [2.45, 2.75) is 19.4 Å². The van der Waals surface area contributed by atoms with Crippen LogP contribution in [0, 0.1) is 0 Å². The van der Waals surface area contributed by atoms with Crippen molar-refractivity contribution in [2.75, 3.05) is 0 Å². The SMILES string of the molecule is C=C(N)Cc1c(Cc2ccccc2)ncn1Cc1ccc2[nH]ccc2c1. The second kappa shape index (κ2) is 6.92. The van der Waals surface area contributed by atoms with E-state index in [0.29, 0.717) is 12.1 Å². The third kappa shape index (κ3) is 3.40. The Balaban J connectivity index is 1.65. The summed E-state index contributed by atoms with van der Waals surface area (Å²) in [5, 5.41) is 1.22. The van der Waals surface area contributed by atoms with Crippen LogP contribution in [0.15, 0.2) is 79.4 Å². The van der Waals surface area contributed by atoms with Gasteiger partial charge in [0.15, 0.2) is 0 Å². The van der Waals surface area contributed by atoms with Gasteiger partial charge in [0.05, 0.1) is 12.0 Å². The second-order valence-electron chi connectivity index (χ2n) is 6.66. The molecule has 0 aliphatic carbocycles. The number of aromatic amines is 1. The Labute approximate surface area is 153 Å². The number of nitrogens with two attached hydrogens (primary N) is 1. The normalized spacial score (nSPS) is 11.1. The molecule has 0 saturated carbocycles. The predicted molar refractivity (Wildman–Crippen MR) is 106 cm³/mol. The largest absolute Gasteiger partial charge is 0.402 e. The maximum absolute atomic E-state index is 5.93. The van der Waals surface area contributed by atoms with Crippen LogP contribution in [0.2, 0.25) is 0 Å². The first-order chi connectivity index (χ1) is 12.7. The van der Waals surface area contributed by atoms with Crippen molar-refractivity contribution in [2.24, 2.45) is 5.73 Å². The molecule has 4 aromatic rings. The minimum atomic E-state index is 0.633. The topological polar surface area (TPSA) is 59.6 Å². The highest BCUT2D eigenvalue weighted by molar-refractivity contribution is 5.79. The molecule has 130 valence electrons. The van der Waals surface area contributed by atoms with Gasteiger partial charge in [-0.2, -0.15) is 0 Å². The van der Waals surface area contributed by atoms with Crippen LogP contribution >= 0.6 is 0 Å². The first-order valence-electron chi connectivity index (χ1n) is 8.75. The molecule has 0 atom stereocenters. The van der Waals surface area contributed by atoms with Crippen molar-refractivity contribution < 1.29 is 0 Å². The number of aromatic nitrogens is 3. The molecule has 2 aromatic carbocycles. The number of nitrogens with zero attached hydrogens (tertiary/aromatic N) is 2. The average molecular weight is 342 g/mol. The molecule has 0 saturated heterocycles. The number of nitrogens with one attached hydrogen (secondary N) is 1. The van der Waals surface area contributed by atoms with E-state index < -0.39 is 0 Å². The molecule has 0 fully saturated rings. The monoisotopic (exact) mass is 342 g/mol. The fourth-order valence-electron chi connectivity index (χ4n) is 3.34. The summed E-state index contributed by atoms with van der Waals surface area (Å²) in [6.07, 6.45) is 5.31. The van der Waals surface area contributed by atoms with Gasteiger partial charge in [0, 0.05) is 42.5 Å². The van der Waals surface area contributed by atoms with Gasteiger partial charge >= 0.3 is 0 Å². The lowest BCUT2D eigenvalue weighted by atomic mass is 10.1. The maximum Gasteiger partial charge on any atom is 0.0955 e. The van der Waals surface area contributed by atoms with Crippen LogP contribution in [-0.2, 0) is 19.4 Å². The van der Waals surface area contributed by atoms with Crippen molar-refractivity contribution in [3.63, 3.8) is 0 Å². The van der Waals surface area contributed by atoms with E-state index in [1.807, 2.05) is 18.6 Å². The molecule has 4 nitrogen and oxygen atoms in total. The van der Waals surface area contributed by atoms with E-state index in [2.05, 4.69) is 69.6 Å². The molecular formula is C22H22N4. The highest BCUT2D eigenvalue weighted by Crippen LogP contribution is 2.19. The van der Waals surface area contributed by atoms with Gasteiger partial charge in [-0.25, -0.2) is 4.98 Å². The van der Waals surface area contributed by atoms with Crippen LogP contribution < -0.4 is 5.73 Å². The summed E-state index contributed by atoms with van der Waals surface area (Å²) in [4.78, 5) is 7.91. The molecule has 4 heteroatoms. The number of hydrogen-bond donors (Lipinski definition) is 2. The highest BCUT2D eigenvalue weighted by Gasteiger charge is 2.13. The lowest BCUT2D eigenvalue weighted by Crippen LogP contribution is -2.09. The number of allylic oxidation sites excluding steroid dienone is 1. The summed E-state index contributed by atoms with van der Waals surface area (Å²) in [5.41, 5.74) is 12.4. The first kappa shape index (κ1) is 16.2. The van der Waals surface area contributed by atoms with Crippen LogP contribution in [0.5, 0.6) is 0 Å². The maximum atomic E-state index is 5.93. The van der Waals surface area contributed by atoms with Crippen LogP contribution in [0.4, 0.5) is 0 Å². The van der Waals surface area contributed by atoms with Crippen molar-refractivity contribution in [1.29, 1.82) is 0 Å².